The summed E-state index contributed by atoms with van der Waals surface area (Å²) in [7, 11) is 0. The Morgan fingerprint density at radius 1 is 0.947 bits per heavy atom. The molecule has 3 heteroatoms. The Morgan fingerprint density at radius 3 is 2.11 bits per heavy atom. The molecule has 0 fully saturated rings. The van der Waals surface area contributed by atoms with Crippen LogP contribution in [0.4, 0.5) is 8.78 Å². The van der Waals surface area contributed by atoms with Crippen LogP contribution in [0, 0.1) is 25.5 Å². The highest BCUT2D eigenvalue weighted by molar-refractivity contribution is 5.40. The molecular weight excluding hydrogens is 246 g/mol. The molecular formula is C16H16F2O. The van der Waals surface area contributed by atoms with E-state index in [9.17, 15) is 13.9 Å². The molecule has 0 aliphatic rings. The van der Waals surface area contributed by atoms with Crippen molar-refractivity contribution in [1.82, 2.24) is 0 Å². The second kappa shape index (κ2) is 4.74. The van der Waals surface area contributed by atoms with Crippen molar-refractivity contribution >= 4 is 0 Å². The maximum Gasteiger partial charge on any atom is 0.129 e. The van der Waals surface area contributed by atoms with Crippen molar-refractivity contribution < 1.29 is 13.9 Å². The van der Waals surface area contributed by atoms with Crippen LogP contribution in [0.25, 0.3) is 0 Å². The molecule has 0 aliphatic heterocycles. The summed E-state index contributed by atoms with van der Waals surface area (Å²) in [5.41, 5.74) is 0.856. The molecule has 1 atom stereocenters. The van der Waals surface area contributed by atoms with Crippen LogP contribution in [0.3, 0.4) is 0 Å². The van der Waals surface area contributed by atoms with Gasteiger partial charge in [0.05, 0.1) is 0 Å². The molecule has 1 N–H and O–H groups in total. The number of aliphatic hydroxyl groups is 1. The maximum absolute atomic E-state index is 13.8. The average Bonchev–Trinajstić information content (AvgIpc) is 2.31. The maximum atomic E-state index is 13.8. The zero-order valence-corrected chi connectivity index (χ0v) is 11.2. The van der Waals surface area contributed by atoms with Gasteiger partial charge in [-0.05, 0) is 44.5 Å². The van der Waals surface area contributed by atoms with Gasteiger partial charge in [-0.3, -0.25) is 0 Å². The summed E-state index contributed by atoms with van der Waals surface area (Å²) in [5.74, 6) is -1.19. The normalized spacial score (nSPS) is 14.2. The number of rotatable bonds is 2. The van der Waals surface area contributed by atoms with Gasteiger partial charge in [-0.15, -0.1) is 0 Å². The zero-order chi connectivity index (χ0) is 14.2. The molecule has 1 unspecified atom stereocenters. The quantitative estimate of drug-likeness (QED) is 0.872. The van der Waals surface area contributed by atoms with E-state index in [1.807, 2.05) is 19.9 Å². The van der Waals surface area contributed by atoms with E-state index in [1.54, 1.807) is 12.1 Å². The molecule has 0 aromatic heterocycles. The van der Waals surface area contributed by atoms with E-state index in [0.29, 0.717) is 5.56 Å². The van der Waals surface area contributed by atoms with Gasteiger partial charge >= 0.3 is 0 Å². The summed E-state index contributed by atoms with van der Waals surface area (Å²) in [6.07, 6.45) is 0. The van der Waals surface area contributed by atoms with E-state index in [4.69, 9.17) is 0 Å². The van der Waals surface area contributed by atoms with E-state index >= 15 is 0 Å². The first-order valence-corrected chi connectivity index (χ1v) is 6.07. The number of aryl methyl sites for hydroxylation is 2. The number of benzene rings is 2. The van der Waals surface area contributed by atoms with E-state index < -0.39 is 17.2 Å². The second-order valence-electron chi connectivity index (χ2n) is 5.07. The predicted octanol–water partition coefficient (Wildman–Crippen LogP) is 3.84. The van der Waals surface area contributed by atoms with Crippen molar-refractivity contribution in [3.8, 4) is 0 Å². The lowest BCUT2D eigenvalue weighted by Gasteiger charge is -2.26. The predicted molar refractivity (Wildman–Crippen MR) is 70.9 cm³/mol. The third-order valence-electron chi connectivity index (χ3n) is 3.24. The molecule has 0 saturated heterocycles. The number of hydrogen-bond donors (Lipinski definition) is 1. The van der Waals surface area contributed by atoms with Gasteiger partial charge in [0.15, 0.2) is 0 Å². The summed E-state index contributed by atoms with van der Waals surface area (Å²) in [5, 5.41) is 10.6. The molecule has 100 valence electrons. The standard InChI is InChI=1S/C16H16F2O/c1-10-6-11(2)8-12(7-10)16(3,19)14-9-13(17)4-5-15(14)18/h4-9,19H,1-3H3. The van der Waals surface area contributed by atoms with Gasteiger partial charge < -0.3 is 5.11 Å². The largest absolute Gasteiger partial charge is 0.381 e. The van der Waals surface area contributed by atoms with Crippen LogP contribution in [0.5, 0.6) is 0 Å². The van der Waals surface area contributed by atoms with Gasteiger partial charge in [-0.2, -0.15) is 0 Å². The molecule has 0 amide bonds. The molecule has 0 aliphatic carbocycles. The van der Waals surface area contributed by atoms with Crippen LogP contribution in [-0.4, -0.2) is 5.11 Å². The van der Waals surface area contributed by atoms with Crippen molar-refractivity contribution in [1.29, 1.82) is 0 Å². The Hall–Kier alpha value is -1.74. The molecule has 0 saturated carbocycles. The summed E-state index contributed by atoms with van der Waals surface area (Å²) >= 11 is 0. The van der Waals surface area contributed by atoms with Crippen LogP contribution in [0.15, 0.2) is 36.4 Å². The van der Waals surface area contributed by atoms with Crippen LogP contribution < -0.4 is 0 Å². The highest BCUT2D eigenvalue weighted by Crippen LogP contribution is 2.32. The van der Waals surface area contributed by atoms with E-state index in [1.165, 1.54) is 6.92 Å². The molecule has 0 bridgehead atoms. The second-order valence-corrected chi connectivity index (χ2v) is 5.07. The summed E-state index contributed by atoms with van der Waals surface area (Å²) < 4.78 is 27.1. The van der Waals surface area contributed by atoms with E-state index in [2.05, 4.69) is 0 Å². The molecule has 0 spiro atoms. The first kappa shape index (κ1) is 13.7. The molecule has 2 aromatic carbocycles. The van der Waals surface area contributed by atoms with Crippen LogP contribution in [0.2, 0.25) is 0 Å². The number of halogens is 2. The minimum Gasteiger partial charge on any atom is -0.381 e. The molecule has 1 nitrogen and oxygen atoms in total. The fourth-order valence-corrected chi connectivity index (χ4v) is 2.28. The third kappa shape index (κ3) is 2.66. The Labute approximate surface area is 111 Å². The first-order valence-electron chi connectivity index (χ1n) is 6.07. The van der Waals surface area contributed by atoms with Gasteiger partial charge in [-0.25, -0.2) is 8.78 Å². The Bertz CT molecular complexity index is 598. The topological polar surface area (TPSA) is 20.2 Å². The van der Waals surface area contributed by atoms with E-state index in [0.717, 1.165) is 29.3 Å². The average molecular weight is 262 g/mol. The molecule has 2 aromatic rings. The molecule has 0 heterocycles. The lowest BCUT2D eigenvalue weighted by molar-refractivity contribution is 0.0974. The molecule has 2 rings (SSSR count). The minimum absolute atomic E-state index is 0.0579. The van der Waals surface area contributed by atoms with Crippen LogP contribution in [0.1, 0.15) is 29.2 Å². The monoisotopic (exact) mass is 262 g/mol. The highest BCUT2D eigenvalue weighted by atomic mass is 19.1. The lowest BCUT2D eigenvalue weighted by Crippen LogP contribution is -2.24. The fraction of sp³-hybridized carbons (Fsp3) is 0.250. The van der Waals surface area contributed by atoms with Gasteiger partial charge in [-0.1, -0.05) is 29.3 Å². The van der Waals surface area contributed by atoms with Crippen molar-refractivity contribution in [2.45, 2.75) is 26.4 Å². The van der Waals surface area contributed by atoms with E-state index in [-0.39, 0.29) is 5.56 Å². The van der Waals surface area contributed by atoms with Gasteiger partial charge in [0.25, 0.3) is 0 Å². The van der Waals surface area contributed by atoms with Crippen molar-refractivity contribution in [2.75, 3.05) is 0 Å². The zero-order valence-electron chi connectivity index (χ0n) is 11.2. The van der Waals surface area contributed by atoms with Crippen LogP contribution in [-0.2, 0) is 5.60 Å². The first-order chi connectivity index (χ1) is 8.80. The van der Waals surface area contributed by atoms with Crippen molar-refractivity contribution in [3.63, 3.8) is 0 Å². The van der Waals surface area contributed by atoms with Gasteiger partial charge in [0.2, 0.25) is 0 Å². The van der Waals surface area contributed by atoms with Crippen molar-refractivity contribution in [2.24, 2.45) is 0 Å². The molecule has 0 radical (unpaired) electrons. The third-order valence-corrected chi connectivity index (χ3v) is 3.24. The SMILES string of the molecule is Cc1cc(C)cc(C(C)(O)c2cc(F)ccc2F)c1. The minimum atomic E-state index is -1.57. The molecule has 19 heavy (non-hydrogen) atoms. The van der Waals surface area contributed by atoms with Crippen LogP contribution >= 0.6 is 0 Å². The Balaban J connectivity index is 2.60. The summed E-state index contributed by atoms with van der Waals surface area (Å²) in [6.45, 7) is 5.27. The van der Waals surface area contributed by atoms with Gasteiger partial charge in [0.1, 0.15) is 17.2 Å². The van der Waals surface area contributed by atoms with Gasteiger partial charge in [0, 0.05) is 5.56 Å². The highest BCUT2D eigenvalue weighted by Gasteiger charge is 2.29. The summed E-state index contributed by atoms with van der Waals surface area (Å²) in [4.78, 5) is 0. The number of hydrogen-bond acceptors (Lipinski definition) is 1. The summed E-state index contributed by atoms with van der Waals surface area (Å²) in [6, 6.07) is 8.61. The van der Waals surface area contributed by atoms with Crippen molar-refractivity contribution in [3.05, 3.63) is 70.3 Å². The Morgan fingerprint density at radius 2 is 1.53 bits per heavy atom. The lowest BCUT2D eigenvalue weighted by atomic mass is 9.86. The smallest absolute Gasteiger partial charge is 0.129 e. The Kier molecular flexibility index (Phi) is 3.42. The fourth-order valence-electron chi connectivity index (χ4n) is 2.28.